The van der Waals surface area contributed by atoms with Gasteiger partial charge in [0.05, 0.1) is 0 Å². The molecule has 0 unspecified atom stereocenters. The zero-order valence-electron chi connectivity index (χ0n) is 5.66. The van der Waals surface area contributed by atoms with Crippen molar-refractivity contribution in [2.75, 3.05) is 0 Å². The molecular formula is C4H13NO3S. The van der Waals surface area contributed by atoms with Gasteiger partial charge in [0.1, 0.15) is 0 Å². The summed E-state index contributed by atoms with van der Waals surface area (Å²) in [5, 5.41) is 3.88. The van der Waals surface area contributed by atoms with Crippen molar-refractivity contribution in [1.82, 2.24) is 0 Å². The molecule has 0 fully saturated rings. The largest absolute Gasteiger partial charge is 0.330 e. The molecule has 0 amide bonds. The van der Waals surface area contributed by atoms with Crippen LogP contribution in [0.15, 0.2) is 0 Å². The molecule has 0 spiro atoms. The third kappa shape index (κ3) is 358. The van der Waals surface area contributed by atoms with Gasteiger partial charge < -0.3 is 0 Å². The van der Waals surface area contributed by atoms with E-state index in [4.69, 9.17) is 13.0 Å². The molecule has 0 aliphatic heterocycles. The average Bonchev–Trinajstić information content (AvgIpc) is 1.61. The summed E-state index contributed by atoms with van der Waals surface area (Å²) < 4.78 is 25.2. The van der Waals surface area contributed by atoms with E-state index in [2.05, 4.69) is 19.0 Å². The first-order chi connectivity index (χ1) is 3.91. The molecule has 0 rings (SSSR count). The highest BCUT2D eigenvalue weighted by molar-refractivity contribution is 7.83. The fraction of sp³-hybridized carbons (Fsp3) is 1.00. The van der Waals surface area contributed by atoms with Crippen LogP contribution in [0.2, 0.25) is 0 Å². The molecule has 0 aromatic rings. The van der Waals surface area contributed by atoms with E-state index in [0.717, 1.165) is 0 Å². The van der Waals surface area contributed by atoms with E-state index in [1.54, 1.807) is 0 Å². The summed E-state index contributed by atoms with van der Waals surface area (Å²) in [7, 11) is -4.17. The Hall–Kier alpha value is -0.130. The van der Waals surface area contributed by atoms with Crippen LogP contribution >= 0.6 is 0 Å². The Morgan fingerprint density at radius 3 is 1.44 bits per heavy atom. The van der Waals surface area contributed by atoms with E-state index in [-0.39, 0.29) is 0 Å². The number of hydrogen-bond donors (Lipinski definition) is 2. The van der Waals surface area contributed by atoms with Crippen LogP contribution in [-0.2, 0) is 10.3 Å². The van der Waals surface area contributed by atoms with E-state index in [9.17, 15) is 0 Å². The molecule has 3 N–H and O–H groups in total. The van der Waals surface area contributed by atoms with E-state index >= 15 is 0 Å². The Kier molecular flexibility index (Phi) is 7.76. The van der Waals surface area contributed by atoms with Gasteiger partial charge >= 0.3 is 10.3 Å². The van der Waals surface area contributed by atoms with Gasteiger partial charge in [-0.25, -0.2) is 5.14 Å². The molecule has 4 nitrogen and oxygen atoms in total. The Labute approximate surface area is 55.9 Å². The molecule has 0 aliphatic carbocycles. The van der Waals surface area contributed by atoms with Gasteiger partial charge in [0.25, 0.3) is 0 Å². The topological polar surface area (TPSA) is 80.4 Å². The first-order valence-electron chi connectivity index (χ1n) is 2.67. The van der Waals surface area contributed by atoms with Crippen molar-refractivity contribution in [2.24, 2.45) is 5.14 Å². The predicted molar refractivity (Wildman–Crippen MR) is 36.3 cm³/mol. The minimum Gasteiger partial charge on any atom is -0.274 e. The van der Waals surface area contributed by atoms with E-state index in [0.29, 0.717) is 0 Å². The fourth-order valence-corrected chi connectivity index (χ4v) is 0. The molecule has 0 saturated heterocycles. The molecule has 58 valence electrons. The number of unbranched alkanes of at least 4 members (excludes halogenated alkanes) is 1. The minimum atomic E-state index is -4.17. The first-order valence-corrected chi connectivity index (χ1v) is 4.17. The second-order valence-electron chi connectivity index (χ2n) is 1.51. The van der Waals surface area contributed by atoms with Crippen molar-refractivity contribution >= 4 is 10.3 Å². The first kappa shape index (κ1) is 11.6. The molecule has 0 aliphatic rings. The molecule has 0 bridgehead atoms. The lowest BCUT2D eigenvalue weighted by Crippen LogP contribution is -2.08. The highest BCUT2D eigenvalue weighted by Gasteiger charge is 1.81. The van der Waals surface area contributed by atoms with Crippen LogP contribution in [0.5, 0.6) is 0 Å². The normalized spacial score (nSPS) is 9.78. The maximum absolute atomic E-state index is 8.97. The van der Waals surface area contributed by atoms with Crippen LogP contribution in [0, 0.1) is 0 Å². The van der Waals surface area contributed by atoms with Gasteiger partial charge in [-0.1, -0.05) is 26.7 Å². The molecule has 0 heterocycles. The molecular weight excluding hydrogens is 142 g/mol. The van der Waals surface area contributed by atoms with Crippen molar-refractivity contribution in [3.8, 4) is 0 Å². The van der Waals surface area contributed by atoms with Crippen molar-refractivity contribution < 1.29 is 13.0 Å². The SMILES string of the molecule is CCCC.NS(=O)(=O)O. The zero-order valence-corrected chi connectivity index (χ0v) is 6.48. The minimum absolute atomic E-state index is 1.32. The second-order valence-corrected chi connectivity index (χ2v) is 2.54. The molecule has 5 heteroatoms. The third-order valence-electron chi connectivity index (χ3n) is 0.500. The lowest BCUT2D eigenvalue weighted by Gasteiger charge is -1.70. The lowest BCUT2D eigenvalue weighted by atomic mass is 10.4. The Morgan fingerprint density at radius 2 is 1.44 bits per heavy atom. The van der Waals surface area contributed by atoms with Gasteiger partial charge in [0.2, 0.25) is 0 Å². The van der Waals surface area contributed by atoms with Gasteiger partial charge in [-0.2, -0.15) is 8.42 Å². The summed E-state index contributed by atoms with van der Waals surface area (Å²) in [5.74, 6) is 0. The Morgan fingerprint density at radius 1 is 1.33 bits per heavy atom. The summed E-state index contributed by atoms with van der Waals surface area (Å²) >= 11 is 0. The van der Waals surface area contributed by atoms with Crippen molar-refractivity contribution in [2.45, 2.75) is 26.7 Å². The lowest BCUT2D eigenvalue weighted by molar-refractivity contribution is 0.485. The Balaban J connectivity index is 0. The van der Waals surface area contributed by atoms with Crippen LogP contribution in [-0.4, -0.2) is 13.0 Å². The summed E-state index contributed by atoms with van der Waals surface area (Å²) in [5.41, 5.74) is 0. The fourth-order valence-electron chi connectivity index (χ4n) is 0. The molecule has 0 radical (unpaired) electrons. The van der Waals surface area contributed by atoms with Crippen molar-refractivity contribution in [3.63, 3.8) is 0 Å². The average molecular weight is 155 g/mol. The predicted octanol–water partition coefficient (Wildman–Crippen LogP) is 0.554. The van der Waals surface area contributed by atoms with Crippen LogP contribution in [0.3, 0.4) is 0 Å². The third-order valence-corrected chi connectivity index (χ3v) is 0.500. The molecule has 0 saturated carbocycles. The van der Waals surface area contributed by atoms with Crippen molar-refractivity contribution in [3.05, 3.63) is 0 Å². The number of hydrogen-bond acceptors (Lipinski definition) is 2. The van der Waals surface area contributed by atoms with Gasteiger partial charge in [0.15, 0.2) is 0 Å². The van der Waals surface area contributed by atoms with Gasteiger partial charge in [0, 0.05) is 0 Å². The maximum Gasteiger partial charge on any atom is 0.330 e. The van der Waals surface area contributed by atoms with Crippen LogP contribution < -0.4 is 5.14 Å². The summed E-state index contributed by atoms with van der Waals surface area (Å²) in [6.07, 6.45) is 2.64. The highest BCUT2D eigenvalue weighted by atomic mass is 32.2. The standard InChI is InChI=1S/C4H10.H3NO3S/c1-3-4-2;1-5(2,3)4/h3-4H2,1-2H3;(H3,1,2,3,4). The van der Waals surface area contributed by atoms with Gasteiger partial charge in [-0.3, -0.25) is 4.55 Å². The zero-order chi connectivity index (χ0) is 7.91. The summed E-state index contributed by atoms with van der Waals surface area (Å²) in [4.78, 5) is 0. The van der Waals surface area contributed by atoms with Crippen molar-refractivity contribution in [1.29, 1.82) is 0 Å². The quantitative estimate of drug-likeness (QED) is 0.543. The van der Waals surface area contributed by atoms with E-state index < -0.39 is 10.3 Å². The van der Waals surface area contributed by atoms with Crippen LogP contribution in [0.4, 0.5) is 0 Å². The summed E-state index contributed by atoms with van der Waals surface area (Å²) in [6.45, 7) is 4.36. The van der Waals surface area contributed by atoms with Crippen LogP contribution in [0.1, 0.15) is 26.7 Å². The number of nitrogens with two attached hydrogens (primary N) is 1. The smallest absolute Gasteiger partial charge is 0.274 e. The summed E-state index contributed by atoms with van der Waals surface area (Å²) in [6, 6.07) is 0. The second kappa shape index (κ2) is 6.00. The monoisotopic (exact) mass is 155 g/mol. The van der Waals surface area contributed by atoms with Gasteiger partial charge in [-0.15, -0.1) is 0 Å². The Bertz CT molecular complexity index is 119. The maximum atomic E-state index is 8.97. The van der Waals surface area contributed by atoms with Crippen LogP contribution in [0.25, 0.3) is 0 Å². The molecule has 0 aromatic heterocycles. The molecule has 0 atom stereocenters. The van der Waals surface area contributed by atoms with Gasteiger partial charge in [-0.05, 0) is 0 Å². The molecule has 0 aromatic carbocycles. The van der Waals surface area contributed by atoms with E-state index in [1.165, 1.54) is 12.8 Å². The molecule has 9 heavy (non-hydrogen) atoms. The highest BCUT2D eigenvalue weighted by Crippen LogP contribution is 1.76. The number of rotatable bonds is 1. The van der Waals surface area contributed by atoms with E-state index in [1.807, 2.05) is 0 Å².